The molecule has 6 nitrogen and oxygen atoms in total. The normalized spacial score (nSPS) is 14.1. The Hall–Kier alpha value is -1.30. The molecular formula is C12H24N2O4. The molecule has 0 rings (SSSR count). The molecular weight excluding hydrogens is 236 g/mol. The van der Waals surface area contributed by atoms with Crippen LogP contribution < -0.4 is 10.6 Å². The predicted molar refractivity (Wildman–Crippen MR) is 68.6 cm³/mol. The number of carbonyl (C=O) groups is 2. The van der Waals surface area contributed by atoms with Gasteiger partial charge in [0.15, 0.2) is 0 Å². The van der Waals surface area contributed by atoms with Crippen LogP contribution in [0.15, 0.2) is 0 Å². The number of nitrogens with one attached hydrogen (secondary N) is 2. The van der Waals surface area contributed by atoms with Crippen LogP contribution in [0.5, 0.6) is 0 Å². The average Bonchev–Trinajstić information content (AvgIpc) is 2.24. The summed E-state index contributed by atoms with van der Waals surface area (Å²) in [4.78, 5) is 22.6. The van der Waals surface area contributed by atoms with Crippen LogP contribution in [0.2, 0.25) is 0 Å². The quantitative estimate of drug-likeness (QED) is 0.575. The Morgan fingerprint density at radius 3 is 2.44 bits per heavy atom. The summed E-state index contributed by atoms with van der Waals surface area (Å²) in [5.41, 5.74) is -1.22. The zero-order chi connectivity index (χ0) is 14.2. The van der Waals surface area contributed by atoms with E-state index >= 15 is 0 Å². The fourth-order valence-corrected chi connectivity index (χ4v) is 1.48. The largest absolute Gasteiger partial charge is 0.480 e. The number of hydrogen-bond donors (Lipinski definition) is 3. The van der Waals surface area contributed by atoms with E-state index in [-0.39, 0.29) is 6.10 Å². The molecule has 0 radical (unpaired) electrons. The van der Waals surface area contributed by atoms with E-state index < -0.39 is 17.5 Å². The van der Waals surface area contributed by atoms with Crippen LogP contribution in [0.4, 0.5) is 4.79 Å². The van der Waals surface area contributed by atoms with E-state index in [4.69, 9.17) is 9.84 Å². The van der Waals surface area contributed by atoms with E-state index in [2.05, 4.69) is 10.6 Å². The number of carboxylic acid groups (broad SMARTS) is 1. The molecule has 3 N–H and O–H groups in total. The topological polar surface area (TPSA) is 87.7 Å². The Bertz CT molecular complexity index is 281. The van der Waals surface area contributed by atoms with Crippen molar-refractivity contribution in [3.8, 4) is 0 Å². The second kappa shape index (κ2) is 7.92. The lowest BCUT2D eigenvalue weighted by molar-refractivity contribution is -0.144. The zero-order valence-electron chi connectivity index (χ0n) is 11.6. The van der Waals surface area contributed by atoms with E-state index in [1.165, 1.54) is 6.92 Å². The maximum atomic E-state index is 11.5. The van der Waals surface area contributed by atoms with E-state index in [9.17, 15) is 9.59 Å². The summed E-state index contributed by atoms with van der Waals surface area (Å²) in [6, 6.07) is -0.485. The van der Waals surface area contributed by atoms with Crippen molar-refractivity contribution in [3.63, 3.8) is 0 Å². The highest BCUT2D eigenvalue weighted by atomic mass is 16.5. The fourth-order valence-electron chi connectivity index (χ4n) is 1.48. The van der Waals surface area contributed by atoms with Crippen LogP contribution in [-0.4, -0.2) is 41.9 Å². The van der Waals surface area contributed by atoms with Crippen molar-refractivity contribution < 1.29 is 19.4 Å². The van der Waals surface area contributed by atoms with Gasteiger partial charge in [-0.1, -0.05) is 13.3 Å². The van der Waals surface area contributed by atoms with Gasteiger partial charge in [-0.3, -0.25) is 0 Å². The van der Waals surface area contributed by atoms with Gasteiger partial charge in [0.2, 0.25) is 0 Å². The van der Waals surface area contributed by atoms with Gasteiger partial charge in [-0.25, -0.2) is 9.59 Å². The van der Waals surface area contributed by atoms with Gasteiger partial charge in [0.05, 0.1) is 12.7 Å². The van der Waals surface area contributed by atoms with Gasteiger partial charge in [0, 0.05) is 6.54 Å². The van der Waals surface area contributed by atoms with E-state index in [1.54, 1.807) is 0 Å². The van der Waals surface area contributed by atoms with Crippen molar-refractivity contribution in [2.75, 3.05) is 13.2 Å². The average molecular weight is 260 g/mol. The molecule has 0 aliphatic heterocycles. The van der Waals surface area contributed by atoms with Gasteiger partial charge in [0.1, 0.15) is 5.54 Å². The van der Waals surface area contributed by atoms with Crippen LogP contribution >= 0.6 is 0 Å². The summed E-state index contributed by atoms with van der Waals surface area (Å²) in [6.45, 7) is 7.94. The number of rotatable bonds is 8. The van der Waals surface area contributed by atoms with Gasteiger partial charge in [-0.05, 0) is 27.2 Å². The summed E-state index contributed by atoms with van der Waals surface area (Å²) < 4.78 is 5.26. The number of carbonyl (C=O) groups excluding carboxylic acids is 1. The highest BCUT2D eigenvalue weighted by Gasteiger charge is 2.33. The highest BCUT2D eigenvalue weighted by molar-refractivity contribution is 5.85. The molecule has 0 aliphatic rings. The lowest BCUT2D eigenvalue weighted by Crippen LogP contribution is -2.55. The van der Waals surface area contributed by atoms with Gasteiger partial charge in [-0.15, -0.1) is 0 Å². The Labute approximate surface area is 108 Å². The third-order valence-corrected chi connectivity index (χ3v) is 2.45. The molecule has 2 amide bonds. The molecule has 0 saturated carbocycles. The Kier molecular flexibility index (Phi) is 7.35. The van der Waals surface area contributed by atoms with Crippen molar-refractivity contribution in [2.45, 2.75) is 52.2 Å². The van der Waals surface area contributed by atoms with E-state index in [0.717, 1.165) is 0 Å². The molecule has 106 valence electrons. The first-order chi connectivity index (χ1) is 8.31. The smallest absolute Gasteiger partial charge is 0.329 e. The van der Waals surface area contributed by atoms with Crippen molar-refractivity contribution in [1.29, 1.82) is 0 Å². The second-order valence-corrected chi connectivity index (χ2v) is 4.69. The Balaban J connectivity index is 4.07. The molecule has 0 aromatic heterocycles. The molecule has 0 aromatic carbocycles. The second-order valence-electron chi connectivity index (χ2n) is 4.69. The summed E-state index contributed by atoms with van der Waals surface area (Å²) in [5.74, 6) is -1.03. The van der Waals surface area contributed by atoms with Crippen LogP contribution in [0.25, 0.3) is 0 Å². The first-order valence-corrected chi connectivity index (χ1v) is 6.23. The lowest BCUT2D eigenvalue weighted by atomic mass is 9.97. The number of amides is 2. The fraction of sp³-hybridized carbons (Fsp3) is 0.833. The number of aliphatic carboxylic acids is 1. The van der Waals surface area contributed by atoms with Gasteiger partial charge in [0.25, 0.3) is 0 Å². The van der Waals surface area contributed by atoms with Crippen LogP contribution in [0, 0.1) is 0 Å². The number of hydrogen-bond acceptors (Lipinski definition) is 3. The zero-order valence-corrected chi connectivity index (χ0v) is 11.6. The van der Waals surface area contributed by atoms with Crippen molar-refractivity contribution >= 4 is 12.0 Å². The van der Waals surface area contributed by atoms with Crippen LogP contribution in [0.3, 0.4) is 0 Å². The molecule has 0 spiro atoms. The summed E-state index contributed by atoms with van der Waals surface area (Å²) in [6.07, 6.45) is 1.18. The third kappa shape index (κ3) is 6.44. The van der Waals surface area contributed by atoms with Crippen molar-refractivity contribution in [3.05, 3.63) is 0 Å². The van der Waals surface area contributed by atoms with Gasteiger partial charge in [-0.2, -0.15) is 0 Å². The molecule has 1 unspecified atom stereocenters. The maximum absolute atomic E-state index is 11.5. The molecule has 6 heteroatoms. The predicted octanol–water partition coefficient (Wildman–Crippen LogP) is 1.35. The van der Waals surface area contributed by atoms with Gasteiger partial charge >= 0.3 is 12.0 Å². The standard InChI is InChI=1S/C12H24N2O4/c1-5-6-12(4,10(15)16)14-11(17)13-7-8-18-9(2)3/h9H,5-8H2,1-4H3,(H,15,16)(H2,13,14,17). The summed E-state index contributed by atoms with van der Waals surface area (Å²) in [7, 11) is 0. The Morgan fingerprint density at radius 2 is 2.00 bits per heavy atom. The van der Waals surface area contributed by atoms with Crippen LogP contribution in [-0.2, 0) is 9.53 Å². The number of carboxylic acids is 1. The lowest BCUT2D eigenvalue weighted by Gasteiger charge is -2.25. The van der Waals surface area contributed by atoms with Crippen molar-refractivity contribution in [1.82, 2.24) is 10.6 Å². The number of ether oxygens (including phenoxy) is 1. The number of urea groups is 1. The molecule has 1 atom stereocenters. The Morgan fingerprint density at radius 1 is 1.39 bits per heavy atom. The molecule has 0 aliphatic carbocycles. The minimum absolute atomic E-state index is 0.110. The van der Waals surface area contributed by atoms with E-state index in [1.807, 2.05) is 20.8 Å². The molecule has 18 heavy (non-hydrogen) atoms. The monoisotopic (exact) mass is 260 g/mol. The van der Waals surface area contributed by atoms with E-state index in [0.29, 0.717) is 26.0 Å². The molecule has 0 aromatic rings. The minimum Gasteiger partial charge on any atom is -0.480 e. The summed E-state index contributed by atoms with van der Waals surface area (Å²) >= 11 is 0. The highest BCUT2D eigenvalue weighted by Crippen LogP contribution is 2.12. The maximum Gasteiger partial charge on any atom is 0.329 e. The molecule has 0 fully saturated rings. The molecule has 0 bridgehead atoms. The first-order valence-electron chi connectivity index (χ1n) is 6.23. The van der Waals surface area contributed by atoms with Crippen molar-refractivity contribution in [2.24, 2.45) is 0 Å². The summed E-state index contributed by atoms with van der Waals surface area (Å²) in [5, 5.41) is 14.1. The van der Waals surface area contributed by atoms with Crippen LogP contribution in [0.1, 0.15) is 40.5 Å². The molecule has 0 saturated heterocycles. The minimum atomic E-state index is -1.22. The third-order valence-electron chi connectivity index (χ3n) is 2.45. The van der Waals surface area contributed by atoms with Gasteiger partial charge < -0.3 is 20.5 Å². The molecule has 0 heterocycles. The first kappa shape index (κ1) is 16.7. The SMILES string of the molecule is CCCC(C)(NC(=O)NCCOC(C)C)C(=O)O.